The molecular weight excluding hydrogens is 462 g/mol. The summed E-state index contributed by atoms with van der Waals surface area (Å²) in [4.78, 5) is 0. The third kappa shape index (κ3) is 6.72. The first kappa shape index (κ1) is 28.6. The fourth-order valence-electron chi connectivity index (χ4n) is 3.46. The molecule has 2 aliphatic heterocycles. The number of ether oxygens (including phenoxy) is 3. The van der Waals surface area contributed by atoms with Crippen LogP contribution in [0.2, 0.25) is 0 Å². The van der Waals surface area contributed by atoms with Gasteiger partial charge >= 0.3 is 0 Å². The fraction of sp³-hybridized carbons (Fsp3) is 0.700. The Balaban J connectivity index is 0.000000310. The maximum Gasteiger partial charge on any atom is 0.187 e. The lowest BCUT2D eigenvalue weighted by Crippen LogP contribution is -2.64. The second-order valence-corrected chi connectivity index (χ2v) is 7.89. The molecule has 10 atom stereocenters. The van der Waals surface area contributed by atoms with Gasteiger partial charge in [0.25, 0.3) is 0 Å². The van der Waals surface area contributed by atoms with Crippen LogP contribution in [0.4, 0.5) is 0 Å². The van der Waals surface area contributed by atoms with E-state index in [1.807, 2.05) is 0 Å². The van der Waals surface area contributed by atoms with Gasteiger partial charge in [-0.05, 0) is 30.7 Å². The molecule has 2 aliphatic rings. The minimum Gasteiger partial charge on any atom is -0.504 e. The highest BCUT2D eigenvalue weighted by Gasteiger charge is 2.50. The molecule has 0 bridgehead atoms. The molecule has 1 aromatic rings. The van der Waals surface area contributed by atoms with Gasteiger partial charge in [-0.3, -0.25) is 0 Å². The SMILES string of the molecule is NCCc1ccc(O)c(O)c1.OC[C@H]1O[C@@H](O[C@H]2[C@H](O)[C@@H](O)C(O)O[C@@H]2CO)[C@H](O)[C@@H](O)[C@H]1O. The normalized spacial score (nSPS) is 38.1. The average molecular weight is 495 g/mol. The number of rotatable bonds is 6. The zero-order chi connectivity index (χ0) is 25.6. The lowest BCUT2D eigenvalue weighted by molar-refractivity contribution is -0.355. The quantitative estimate of drug-likeness (QED) is 0.166. The molecule has 0 aromatic heterocycles. The van der Waals surface area contributed by atoms with Crippen molar-refractivity contribution in [1.29, 1.82) is 0 Å². The third-order valence-corrected chi connectivity index (χ3v) is 5.45. The summed E-state index contributed by atoms with van der Waals surface area (Å²) >= 11 is 0. The van der Waals surface area contributed by atoms with Crippen molar-refractivity contribution in [2.75, 3.05) is 19.8 Å². The molecular formula is C20H33NO13. The largest absolute Gasteiger partial charge is 0.504 e. The predicted molar refractivity (Wildman–Crippen MR) is 111 cm³/mol. The monoisotopic (exact) mass is 495 g/mol. The van der Waals surface area contributed by atoms with Crippen molar-refractivity contribution in [1.82, 2.24) is 0 Å². The van der Waals surface area contributed by atoms with Crippen molar-refractivity contribution in [3.63, 3.8) is 0 Å². The third-order valence-electron chi connectivity index (χ3n) is 5.45. The Morgan fingerprint density at radius 1 is 0.765 bits per heavy atom. The summed E-state index contributed by atoms with van der Waals surface area (Å²) in [6, 6.07) is 4.71. The summed E-state index contributed by atoms with van der Waals surface area (Å²) in [7, 11) is 0. The van der Waals surface area contributed by atoms with E-state index in [4.69, 9.17) is 35.3 Å². The first-order chi connectivity index (χ1) is 16.0. The molecule has 196 valence electrons. The zero-order valence-corrected chi connectivity index (χ0v) is 18.1. The number of aliphatic hydroxyl groups is 8. The number of hydrogen-bond acceptors (Lipinski definition) is 14. The Labute approximate surface area is 194 Å². The van der Waals surface area contributed by atoms with Gasteiger partial charge in [0.05, 0.1) is 13.2 Å². The van der Waals surface area contributed by atoms with Crippen LogP contribution in [0.15, 0.2) is 18.2 Å². The van der Waals surface area contributed by atoms with Crippen molar-refractivity contribution in [2.45, 2.75) is 67.8 Å². The van der Waals surface area contributed by atoms with Crippen LogP contribution in [0.25, 0.3) is 0 Å². The van der Waals surface area contributed by atoms with Crippen molar-refractivity contribution in [2.24, 2.45) is 5.73 Å². The van der Waals surface area contributed by atoms with Crippen LogP contribution >= 0.6 is 0 Å². The molecule has 2 heterocycles. The second kappa shape index (κ2) is 12.9. The first-order valence-corrected chi connectivity index (χ1v) is 10.5. The molecule has 34 heavy (non-hydrogen) atoms. The molecule has 3 rings (SSSR count). The van der Waals surface area contributed by atoms with E-state index in [9.17, 15) is 35.7 Å². The summed E-state index contributed by atoms with van der Waals surface area (Å²) < 4.78 is 15.3. The van der Waals surface area contributed by atoms with Crippen molar-refractivity contribution in [3.05, 3.63) is 23.8 Å². The molecule has 12 N–H and O–H groups in total. The molecule has 0 amide bonds. The van der Waals surface area contributed by atoms with Crippen LogP contribution in [0.1, 0.15) is 5.56 Å². The molecule has 2 saturated heterocycles. The van der Waals surface area contributed by atoms with Crippen LogP contribution < -0.4 is 5.73 Å². The van der Waals surface area contributed by atoms with Crippen LogP contribution in [-0.2, 0) is 20.6 Å². The first-order valence-electron chi connectivity index (χ1n) is 10.5. The van der Waals surface area contributed by atoms with Gasteiger partial charge in [-0.25, -0.2) is 0 Å². The Morgan fingerprint density at radius 3 is 1.97 bits per heavy atom. The van der Waals surface area contributed by atoms with E-state index < -0.39 is 74.6 Å². The smallest absolute Gasteiger partial charge is 0.187 e. The summed E-state index contributed by atoms with van der Waals surface area (Å²) in [5, 5.41) is 94.5. The van der Waals surface area contributed by atoms with Gasteiger partial charge in [0.1, 0.15) is 48.8 Å². The molecule has 0 radical (unpaired) electrons. The molecule has 0 spiro atoms. The molecule has 14 nitrogen and oxygen atoms in total. The fourth-order valence-corrected chi connectivity index (χ4v) is 3.46. The minimum atomic E-state index is -1.74. The Kier molecular flexibility index (Phi) is 10.8. The second-order valence-electron chi connectivity index (χ2n) is 7.89. The Hall–Kier alpha value is -1.66. The van der Waals surface area contributed by atoms with Gasteiger partial charge in [-0.2, -0.15) is 0 Å². The maximum absolute atomic E-state index is 9.94. The van der Waals surface area contributed by atoms with Crippen molar-refractivity contribution >= 4 is 0 Å². The van der Waals surface area contributed by atoms with E-state index >= 15 is 0 Å². The summed E-state index contributed by atoms with van der Waals surface area (Å²) in [5.74, 6) is -0.179. The van der Waals surface area contributed by atoms with Gasteiger partial charge in [0.15, 0.2) is 24.1 Å². The van der Waals surface area contributed by atoms with E-state index in [0.29, 0.717) is 13.0 Å². The van der Waals surface area contributed by atoms with E-state index in [1.165, 1.54) is 12.1 Å². The highest BCUT2D eigenvalue weighted by Crippen LogP contribution is 2.28. The van der Waals surface area contributed by atoms with Gasteiger partial charge in [-0.15, -0.1) is 0 Å². The Morgan fingerprint density at radius 2 is 1.41 bits per heavy atom. The van der Waals surface area contributed by atoms with Crippen LogP contribution in [0.3, 0.4) is 0 Å². The molecule has 0 aliphatic carbocycles. The molecule has 0 saturated carbocycles. The Bertz CT molecular complexity index is 751. The molecule has 1 unspecified atom stereocenters. The highest BCUT2D eigenvalue weighted by molar-refractivity contribution is 5.40. The van der Waals surface area contributed by atoms with E-state index in [1.54, 1.807) is 6.07 Å². The highest BCUT2D eigenvalue weighted by atomic mass is 16.7. The van der Waals surface area contributed by atoms with Crippen molar-refractivity contribution < 1.29 is 65.3 Å². The number of benzene rings is 1. The van der Waals surface area contributed by atoms with Crippen LogP contribution in [0, 0.1) is 0 Å². The van der Waals surface area contributed by atoms with Gasteiger partial charge < -0.3 is 71.0 Å². The number of phenolic OH excluding ortho intramolecular Hbond substituents is 2. The number of hydrogen-bond donors (Lipinski definition) is 11. The molecule has 2 fully saturated rings. The standard InChI is InChI=1S/C12H22O11.C8H11NO2/c13-1-3-5(15)6(16)9(19)12(22-3)23-10-4(2-14)21-11(20)8(18)7(10)17;9-4-3-6-1-2-7(10)8(11)5-6/h3-20H,1-2H2;1-2,5,10-11H,3-4,9H2/t3-,4-,5+,6+,7-,8-,9-,10-,11?,12+;/m1./s1. The molecule has 14 heteroatoms. The summed E-state index contributed by atoms with van der Waals surface area (Å²) in [6.45, 7) is -0.799. The van der Waals surface area contributed by atoms with Gasteiger partial charge in [-0.1, -0.05) is 6.07 Å². The van der Waals surface area contributed by atoms with Gasteiger partial charge in [0, 0.05) is 0 Å². The maximum atomic E-state index is 9.94. The number of aliphatic hydroxyl groups excluding tert-OH is 8. The summed E-state index contributed by atoms with van der Waals surface area (Å²) in [6.07, 6.45) is -14.9. The van der Waals surface area contributed by atoms with Crippen LogP contribution in [0.5, 0.6) is 11.5 Å². The number of aromatic hydroxyl groups is 2. The van der Waals surface area contributed by atoms with E-state index in [2.05, 4.69) is 0 Å². The van der Waals surface area contributed by atoms with Crippen molar-refractivity contribution in [3.8, 4) is 11.5 Å². The number of nitrogens with two attached hydrogens (primary N) is 1. The lowest BCUT2D eigenvalue weighted by Gasteiger charge is -2.45. The predicted octanol–water partition coefficient (Wildman–Crippen LogP) is -4.80. The lowest BCUT2D eigenvalue weighted by atomic mass is 9.97. The van der Waals surface area contributed by atoms with E-state index in [-0.39, 0.29) is 11.5 Å². The zero-order valence-electron chi connectivity index (χ0n) is 18.1. The van der Waals surface area contributed by atoms with E-state index in [0.717, 1.165) is 5.56 Å². The minimum absolute atomic E-state index is 0.0871. The van der Waals surface area contributed by atoms with Crippen LogP contribution in [-0.4, -0.2) is 132 Å². The summed E-state index contributed by atoms with van der Waals surface area (Å²) in [5.41, 5.74) is 6.24. The van der Waals surface area contributed by atoms with Gasteiger partial charge in [0.2, 0.25) is 0 Å². The number of phenols is 2. The average Bonchev–Trinajstić information content (AvgIpc) is 2.82. The topological polar surface area (TPSA) is 256 Å². The molecule has 1 aromatic carbocycles.